The summed E-state index contributed by atoms with van der Waals surface area (Å²) < 4.78 is 69.5. The van der Waals surface area contributed by atoms with Crippen molar-refractivity contribution in [3.63, 3.8) is 0 Å². The van der Waals surface area contributed by atoms with E-state index in [1.165, 1.54) is 0 Å². The van der Waals surface area contributed by atoms with E-state index in [2.05, 4.69) is 35.2 Å². The number of nitrogens with one attached hydrogen (secondary N) is 1. The maximum Gasteiger partial charge on any atom is 0.327 e. The molecule has 1 saturated carbocycles. The first-order valence-electron chi connectivity index (χ1n) is 12.2. The first kappa shape index (κ1) is 28.4. The number of nitrogens with zero attached hydrogens (tertiary/aromatic N) is 8. The van der Waals surface area contributed by atoms with Gasteiger partial charge in [-0.05, 0) is 11.8 Å². The monoisotopic (exact) mass is 649 g/mol. The van der Waals surface area contributed by atoms with Crippen LogP contribution in [0.5, 0.6) is 0 Å². The van der Waals surface area contributed by atoms with Gasteiger partial charge >= 0.3 is 12.6 Å². The highest BCUT2D eigenvalue weighted by Gasteiger charge is 2.88. The molecule has 2 unspecified atom stereocenters. The van der Waals surface area contributed by atoms with Gasteiger partial charge in [0.25, 0.3) is 5.56 Å². The molecule has 7 rings (SSSR count). The fraction of sp³-hybridized carbons (Fsp3) is 0.526. The number of aliphatic hydroxyl groups is 2. The standard InChI is InChI=1S/C19H19F3N11O8PS/c20-5-4(1-34)38-15(32-3-27-7-13(32)28-17(24)29-14(7)35)8(5)40-42(37,43)41-10-9-18(10,36)19(21,22)16(39-9)33-12-6(30-31-33)11(23)25-2-26-12/h2-5,8-10,15-16,34,36H,1H2,(H,37,43)(H2,23,25,26)(H3,24,28,29,35)/t4-,5-,8-,9-,10?,15-,16-,18+,42?/m1/s1. The number of ether oxygens (including phenoxy) is 2. The molecule has 2 aliphatic heterocycles. The van der Waals surface area contributed by atoms with Gasteiger partial charge in [-0.3, -0.25) is 23.4 Å². The zero-order chi connectivity index (χ0) is 30.6. The Labute approximate surface area is 239 Å². The Morgan fingerprint density at radius 1 is 1.19 bits per heavy atom. The molecule has 230 valence electrons. The summed E-state index contributed by atoms with van der Waals surface area (Å²) in [5.74, 6) is -4.53. The van der Waals surface area contributed by atoms with Gasteiger partial charge < -0.3 is 36.0 Å². The number of hydrogen-bond donors (Lipinski definition) is 6. The topological polar surface area (TPSA) is 270 Å². The highest BCUT2D eigenvalue weighted by molar-refractivity contribution is 8.07. The van der Waals surface area contributed by atoms with E-state index in [9.17, 15) is 19.9 Å². The van der Waals surface area contributed by atoms with Crippen molar-refractivity contribution in [2.75, 3.05) is 18.1 Å². The summed E-state index contributed by atoms with van der Waals surface area (Å²) in [4.78, 5) is 40.7. The summed E-state index contributed by atoms with van der Waals surface area (Å²) in [6.45, 7) is -5.51. The zero-order valence-electron chi connectivity index (χ0n) is 21.0. The molecule has 3 fully saturated rings. The van der Waals surface area contributed by atoms with E-state index in [4.69, 9.17) is 41.8 Å². The number of anilines is 2. The van der Waals surface area contributed by atoms with Crippen LogP contribution in [0, 0.1) is 0 Å². The second-order valence-electron chi connectivity index (χ2n) is 9.85. The van der Waals surface area contributed by atoms with Gasteiger partial charge in [0.2, 0.25) is 12.2 Å². The van der Waals surface area contributed by atoms with Crippen LogP contribution in [0.15, 0.2) is 17.4 Å². The van der Waals surface area contributed by atoms with E-state index >= 15 is 13.2 Å². The number of alkyl halides is 3. The van der Waals surface area contributed by atoms with Crippen LogP contribution in [0.25, 0.3) is 22.3 Å². The Hall–Kier alpha value is -3.41. The number of halogens is 3. The summed E-state index contributed by atoms with van der Waals surface area (Å²) in [6.07, 6.45) is -10.8. The molecule has 4 aromatic rings. The Morgan fingerprint density at radius 3 is 2.65 bits per heavy atom. The molecule has 6 heterocycles. The largest absolute Gasteiger partial charge is 0.394 e. The number of imidazole rings is 1. The third kappa shape index (κ3) is 4.00. The van der Waals surface area contributed by atoms with Crippen molar-refractivity contribution in [2.45, 2.75) is 54.6 Å². The molecule has 0 amide bonds. The lowest BCUT2D eigenvalue weighted by Gasteiger charge is -2.29. The summed E-state index contributed by atoms with van der Waals surface area (Å²) in [7, 11) is 0. The Kier molecular flexibility index (Phi) is 6.13. The number of nitrogen functional groups attached to an aromatic ring is 2. The number of aromatic amines is 1. The lowest BCUT2D eigenvalue weighted by molar-refractivity contribution is -0.196. The number of fused-ring (bicyclic) bond motifs is 3. The highest BCUT2D eigenvalue weighted by Crippen LogP contribution is 2.67. The minimum absolute atomic E-state index is 0.0787. The highest BCUT2D eigenvalue weighted by atomic mass is 32.5. The number of aromatic nitrogens is 9. The SMILES string of the molecule is Nc1nc2c(ncn2[C@@H]2O[C@H](CO)[C@@H](F)[C@H]2OP(O)(=S)OC2[C@H]3O[C@@H](n4nnc5c(N)ncnc54)C(F)(F)[C@@]23O)c(=O)[nH]1. The Morgan fingerprint density at radius 2 is 1.95 bits per heavy atom. The molecule has 4 aromatic heterocycles. The van der Waals surface area contributed by atoms with Crippen LogP contribution < -0.4 is 17.0 Å². The van der Waals surface area contributed by atoms with Gasteiger partial charge in [-0.25, -0.2) is 19.3 Å². The van der Waals surface area contributed by atoms with E-state index in [1.807, 2.05) is 0 Å². The van der Waals surface area contributed by atoms with Crippen molar-refractivity contribution in [1.82, 2.24) is 44.5 Å². The molecule has 8 N–H and O–H groups in total. The molecule has 3 aliphatic rings. The predicted octanol–water partition coefficient (Wildman–Crippen LogP) is -1.99. The van der Waals surface area contributed by atoms with Gasteiger partial charge in [0.1, 0.15) is 30.7 Å². The fourth-order valence-electron chi connectivity index (χ4n) is 5.21. The van der Waals surface area contributed by atoms with Crippen molar-refractivity contribution >= 4 is 52.6 Å². The summed E-state index contributed by atoms with van der Waals surface area (Å²) in [5, 5.41) is 27.7. The number of nitrogens with two attached hydrogens (primary N) is 2. The third-order valence-corrected chi connectivity index (χ3v) is 8.85. The predicted molar refractivity (Wildman–Crippen MR) is 136 cm³/mol. The minimum atomic E-state index is -4.67. The van der Waals surface area contributed by atoms with Gasteiger partial charge in [0.05, 0.1) is 12.9 Å². The molecule has 0 spiro atoms. The van der Waals surface area contributed by atoms with Crippen LogP contribution in [-0.4, -0.2) is 108 Å². The molecule has 2 saturated heterocycles. The Balaban J connectivity index is 1.13. The molecular weight excluding hydrogens is 630 g/mol. The first-order chi connectivity index (χ1) is 20.3. The number of hydrogen-bond acceptors (Lipinski definition) is 16. The first-order valence-corrected chi connectivity index (χ1v) is 14.8. The van der Waals surface area contributed by atoms with Gasteiger partial charge in [-0.2, -0.15) is 18.4 Å². The van der Waals surface area contributed by atoms with Crippen molar-refractivity contribution in [3.05, 3.63) is 23.0 Å². The molecule has 0 bridgehead atoms. The van der Waals surface area contributed by atoms with Crippen LogP contribution in [0.2, 0.25) is 0 Å². The van der Waals surface area contributed by atoms with E-state index < -0.39 is 73.5 Å². The summed E-state index contributed by atoms with van der Waals surface area (Å²) in [6, 6.07) is 0. The van der Waals surface area contributed by atoms with Crippen LogP contribution in [0.4, 0.5) is 24.9 Å². The molecule has 9 atom stereocenters. The molecule has 24 heteroatoms. The summed E-state index contributed by atoms with van der Waals surface area (Å²) >= 11 is 4.99. The lowest BCUT2D eigenvalue weighted by Crippen LogP contribution is -2.44. The molecule has 0 aromatic carbocycles. The minimum Gasteiger partial charge on any atom is -0.394 e. The maximum atomic E-state index is 15.5. The van der Waals surface area contributed by atoms with E-state index in [0.29, 0.717) is 4.68 Å². The van der Waals surface area contributed by atoms with Crippen LogP contribution in [-0.2, 0) is 30.3 Å². The van der Waals surface area contributed by atoms with Gasteiger partial charge in [0, 0.05) is 0 Å². The van der Waals surface area contributed by atoms with Crippen molar-refractivity contribution in [1.29, 1.82) is 0 Å². The van der Waals surface area contributed by atoms with E-state index in [-0.39, 0.29) is 34.1 Å². The fourth-order valence-corrected chi connectivity index (χ4v) is 6.92. The second kappa shape index (κ2) is 9.30. The van der Waals surface area contributed by atoms with Crippen molar-refractivity contribution in [3.8, 4) is 0 Å². The second-order valence-corrected chi connectivity index (χ2v) is 12.6. The number of rotatable bonds is 7. The van der Waals surface area contributed by atoms with Gasteiger partial charge in [0.15, 0.2) is 46.1 Å². The molecule has 19 nitrogen and oxygen atoms in total. The van der Waals surface area contributed by atoms with E-state index in [0.717, 1.165) is 17.2 Å². The van der Waals surface area contributed by atoms with Crippen molar-refractivity contribution < 1.29 is 46.8 Å². The van der Waals surface area contributed by atoms with E-state index in [1.54, 1.807) is 0 Å². The Bertz CT molecular complexity index is 1880. The lowest BCUT2D eigenvalue weighted by atomic mass is 10.1. The quantitative estimate of drug-likeness (QED) is 0.118. The van der Waals surface area contributed by atoms with Gasteiger partial charge in [-0.1, -0.05) is 5.21 Å². The average molecular weight is 649 g/mol. The van der Waals surface area contributed by atoms with Crippen LogP contribution >= 0.6 is 6.72 Å². The normalized spacial score (nSPS) is 34.5. The average Bonchev–Trinajstić information content (AvgIpc) is 3.42. The van der Waals surface area contributed by atoms with Crippen molar-refractivity contribution in [2.24, 2.45) is 0 Å². The number of H-pyrrole nitrogens is 1. The smallest absolute Gasteiger partial charge is 0.327 e. The molecular formula is C19H19F3N11O8PS. The third-order valence-electron chi connectivity index (χ3n) is 7.34. The van der Waals surface area contributed by atoms with Crippen LogP contribution in [0.1, 0.15) is 12.5 Å². The number of aliphatic hydroxyl groups excluding tert-OH is 1. The van der Waals surface area contributed by atoms with Gasteiger partial charge in [-0.15, -0.1) is 5.10 Å². The summed E-state index contributed by atoms with van der Waals surface area (Å²) in [5.41, 5.74) is 6.92. The molecule has 1 aliphatic carbocycles. The molecule has 43 heavy (non-hydrogen) atoms. The zero-order valence-corrected chi connectivity index (χ0v) is 22.7. The molecule has 0 radical (unpaired) electrons. The maximum absolute atomic E-state index is 15.5. The van der Waals surface area contributed by atoms with Crippen LogP contribution in [0.3, 0.4) is 0 Å².